The van der Waals surface area contributed by atoms with Crippen LogP contribution < -0.4 is 0 Å². The van der Waals surface area contributed by atoms with E-state index in [-0.39, 0.29) is 12.8 Å². The zero-order valence-corrected chi connectivity index (χ0v) is 37.1. The topological polar surface area (TPSA) is 210 Å². The molecule has 0 bridgehead atoms. The first-order chi connectivity index (χ1) is 28.9. The molecule has 6 unspecified atom stereocenters. The first-order valence-electron chi connectivity index (χ1n) is 22.2. The van der Waals surface area contributed by atoms with E-state index >= 15 is 0 Å². The summed E-state index contributed by atoms with van der Waals surface area (Å²) in [5.74, 6) is -1.16. The molecule has 1 fully saturated rings. The van der Waals surface area contributed by atoms with Crippen LogP contribution in [0, 0.1) is 0 Å². The molecule has 0 aliphatic heterocycles. The maximum absolute atomic E-state index is 12.8. The molecule has 344 valence electrons. The minimum Gasteiger partial charge on any atom is -0.462 e. The van der Waals surface area contributed by atoms with Gasteiger partial charge in [-0.1, -0.05) is 125 Å². The minimum absolute atomic E-state index is 0.0522. The van der Waals surface area contributed by atoms with Crippen LogP contribution in [0.25, 0.3) is 0 Å². The van der Waals surface area contributed by atoms with E-state index in [2.05, 4.69) is 86.8 Å². The van der Waals surface area contributed by atoms with Gasteiger partial charge < -0.3 is 39.9 Å². The summed E-state index contributed by atoms with van der Waals surface area (Å²) in [6.45, 7) is 3.10. The van der Waals surface area contributed by atoms with Gasteiger partial charge >= 0.3 is 19.8 Å². The van der Waals surface area contributed by atoms with Gasteiger partial charge in [-0.3, -0.25) is 18.6 Å². The molecular formula is C46H77O13P. The summed E-state index contributed by atoms with van der Waals surface area (Å²) in [5.41, 5.74) is 0. The van der Waals surface area contributed by atoms with Crippen molar-refractivity contribution in [1.82, 2.24) is 0 Å². The SMILES string of the molecule is CC/C=C\C/C=C\C/C=C\C/C=C\C/C=C\CCCCCC(=O)OC(COC(=O)CCCCCCC/C=C\CCCCC)COP(=O)(O)OC1C(O)C(O)C(O)C(O)C1O. The van der Waals surface area contributed by atoms with E-state index in [1.807, 2.05) is 0 Å². The van der Waals surface area contributed by atoms with Crippen LogP contribution in [0.4, 0.5) is 0 Å². The Morgan fingerprint density at radius 3 is 1.48 bits per heavy atom. The highest BCUT2D eigenvalue weighted by atomic mass is 31.2. The number of aliphatic hydroxyl groups excluding tert-OH is 5. The zero-order chi connectivity index (χ0) is 44.3. The van der Waals surface area contributed by atoms with Gasteiger partial charge in [-0.2, -0.15) is 0 Å². The third-order valence-corrected chi connectivity index (χ3v) is 10.8. The third-order valence-electron chi connectivity index (χ3n) is 9.78. The van der Waals surface area contributed by atoms with Crippen LogP contribution in [-0.2, 0) is 32.7 Å². The number of allylic oxidation sites excluding steroid dienone is 12. The number of carbonyl (C=O) groups is 2. The maximum atomic E-state index is 12.8. The number of esters is 2. The first-order valence-corrected chi connectivity index (χ1v) is 23.7. The average molecular weight is 869 g/mol. The second-order valence-corrected chi connectivity index (χ2v) is 16.6. The molecule has 60 heavy (non-hydrogen) atoms. The van der Waals surface area contributed by atoms with E-state index in [4.69, 9.17) is 18.5 Å². The fourth-order valence-electron chi connectivity index (χ4n) is 6.19. The van der Waals surface area contributed by atoms with Crippen LogP contribution in [0.3, 0.4) is 0 Å². The van der Waals surface area contributed by atoms with Gasteiger partial charge in [0.1, 0.15) is 43.2 Å². The van der Waals surface area contributed by atoms with E-state index in [0.29, 0.717) is 12.8 Å². The molecule has 0 amide bonds. The number of aliphatic hydroxyl groups is 5. The minimum atomic E-state index is -5.13. The normalized spacial score (nSPS) is 22.9. The monoisotopic (exact) mass is 869 g/mol. The highest BCUT2D eigenvalue weighted by Gasteiger charge is 2.51. The molecule has 13 nitrogen and oxygen atoms in total. The van der Waals surface area contributed by atoms with Crippen LogP contribution in [0.5, 0.6) is 0 Å². The van der Waals surface area contributed by atoms with E-state index in [1.165, 1.54) is 19.3 Å². The summed E-state index contributed by atoms with van der Waals surface area (Å²) in [5, 5.41) is 50.1. The molecule has 6 N–H and O–H groups in total. The fourth-order valence-corrected chi connectivity index (χ4v) is 7.16. The number of phosphoric ester groups is 1. The molecule has 0 aromatic rings. The lowest BCUT2D eigenvalue weighted by Crippen LogP contribution is -2.64. The van der Waals surface area contributed by atoms with Gasteiger partial charge in [0.2, 0.25) is 0 Å². The standard InChI is InChI=1S/C46H77O13P/c1-3-5-7-9-11-13-15-17-18-19-20-21-22-23-25-27-29-31-33-35-40(48)58-38(36-56-39(47)34-32-30-28-26-24-16-14-12-10-8-6-4-2)37-57-60(54,55)59-46-44(52)42(50)41(49)43(51)45(46)53/h5,7,11-14,17-18,20-21,23,25,38,41-46,49-53H,3-4,6,8-10,15-16,19,22,24,26-37H2,1-2H3,(H,54,55)/b7-5-,13-11-,14-12-,18-17-,21-20-,25-23-. The lowest BCUT2D eigenvalue weighted by molar-refractivity contribution is -0.220. The van der Waals surface area contributed by atoms with Crippen LogP contribution in [0.2, 0.25) is 0 Å². The van der Waals surface area contributed by atoms with E-state index < -0.39 is 75.7 Å². The Morgan fingerprint density at radius 2 is 0.950 bits per heavy atom. The molecule has 6 atom stereocenters. The molecule has 0 radical (unpaired) electrons. The molecule has 1 aliphatic rings. The van der Waals surface area contributed by atoms with Crippen molar-refractivity contribution in [3.05, 3.63) is 72.9 Å². The van der Waals surface area contributed by atoms with Gasteiger partial charge in [0, 0.05) is 12.8 Å². The molecule has 0 aromatic heterocycles. The van der Waals surface area contributed by atoms with Crippen molar-refractivity contribution in [1.29, 1.82) is 0 Å². The molecule has 0 aromatic carbocycles. The second-order valence-electron chi connectivity index (χ2n) is 15.2. The summed E-state index contributed by atoms with van der Waals surface area (Å²) in [6, 6.07) is 0. The van der Waals surface area contributed by atoms with Crippen molar-refractivity contribution in [3.8, 4) is 0 Å². The van der Waals surface area contributed by atoms with Crippen molar-refractivity contribution < 1.29 is 63.1 Å². The fraction of sp³-hybridized carbons (Fsp3) is 0.696. The number of ether oxygens (including phenoxy) is 2. The predicted molar refractivity (Wildman–Crippen MR) is 235 cm³/mol. The Hall–Kier alpha value is -2.71. The summed E-state index contributed by atoms with van der Waals surface area (Å²) < 4.78 is 33.4. The van der Waals surface area contributed by atoms with Gasteiger partial charge in [0.25, 0.3) is 0 Å². The highest BCUT2D eigenvalue weighted by molar-refractivity contribution is 7.47. The third kappa shape index (κ3) is 28.0. The Bertz CT molecular complexity index is 1330. The number of unbranched alkanes of at least 4 members (excludes halogenated alkanes) is 11. The van der Waals surface area contributed by atoms with Gasteiger partial charge in [0.05, 0.1) is 6.61 Å². The van der Waals surface area contributed by atoms with Crippen molar-refractivity contribution in [2.24, 2.45) is 0 Å². The largest absolute Gasteiger partial charge is 0.472 e. The summed E-state index contributed by atoms with van der Waals surface area (Å²) in [4.78, 5) is 35.6. The van der Waals surface area contributed by atoms with Crippen LogP contribution in [0.1, 0.15) is 149 Å². The zero-order valence-electron chi connectivity index (χ0n) is 36.2. The smallest absolute Gasteiger partial charge is 0.462 e. The summed E-state index contributed by atoms with van der Waals surface area (Å²) >= 11 is 0. The van der Waals surface area contributed by atoms with E-state index in [0.717, 1.165) is 89.9 Å². The number of carbonyl (C=O) groups excluding carboxylic acids is 2. The summed E-state index contributed by atoms with van der Waals surface area (Å²) in [6.07, 6.45) is 31.0. The molecule has 0 spiro atoms. The Balaban J connectivity index is 2.51. The lowest BCUT2D eigenvalue weighted by Gasteiger charge is -2.41. The van der Waals surface area contributed by atoms with Crippen LogP contribution >= 0.6 is 7.82 Å². The van der Waals surface area contributed by atoms with Gasteiger partial charge in [-0.15, -0.1) is 0 Å². The van der Waals surface area contributed by atoms with Gasteiger partial charge in [0.15, 0.2) is 6.10 Å². The molecule has 0 heterocycles. The van der Waals surface area contributed by atoms with E-state index in [9.17, 15) is 44.6 Å². The Morgan fingerprint density at radius 1 is 0.533 bits per heavy atom. The van der Waals surface area contributed by atoms with Crippen LogP contribution in [0.15, 0.2) is 72.9 Å². The number of phosphoric acid groups is 1. The van der Waals surface area contributed by atoms with Crippen molar-refractivity contribution in [2.45, 2.75) is 191 Å². The predicted octanol–water partition coefficient (Wildman–Crippen LogP) is 8.33. The quantitative estimate of drug-likeness (QED) is 0.0153. The lowest BCUT2D eigenvalue weighted by atomic mass is 9.85. The number of hydrogen-bond acceptors (Lipinski definition) is 12. The molecule has 1 aliphatic carbocycles. The van der Waals surface area contributed by atoms with E-state index in [1.54, 1.807) is 0 Å². The molecular weight excluding hydrogens is 791 g/mol. The first kappa shape index (κ1) is 55.3. The van der Waals surface area contributed by atoms with Crippen molar-refractivity contribution in [2.75, 3.05) is 13.2 Å². The summed E-state index contributed by atoms with van der Waals surface area (Å²) in [7, 11) is -5.13. The van der Waals surface area contributed by atoms with Crippen molar-refractivity contribution >= 4 is 19.8 Å². The van der Waals surface area contributed by atoms with Crippen LogP contribution in [-0.4, -0.2) is 98.3 Å². The average Bonchev–Trinajstić information content (AvgIpc) is 3.23. The Kier molecular flexibility index (Phi) is 33.0. The molecule has 0 saturated heterocycles. The number of hydrogen-bond donors (Lipinski definition) is 6. The number of rotatable bonds is 35. The van der Waals surface area contributed by atoms with Gasteiger partial charge in [-0.25, -0.2) is 4.57 Å². The molecule has 1 rings (SSSR count). The molecule has 14 heteroatoms. The maximum Gasteiger partial charge on any atom is 0.472 e. The molecule has 1 saturated carbocycles. The van der Waals surface area contributed by atoms with Gasteiger partial charge in [-0.05, 0) is 83.5 Å². The van der Waals surface area contributed by atoms with Crippen molar-refractivity contribution in [3.63, 3.8) is 0 Å². The highest BCUT2D eigenvalue weighted by Crippen LogP contribution is 2.47. The Labute approximate surface area is 359 Å². The second kappa shape index (κ2) is 35.8.